The molecule has 124 valence electrons. The van der Waals surface area contributed by atoms with Gasteiger partial charge in [-0.3, -0.25) is 19.8 Å². The van der Waals surface area contributed by atoms with E-state index in [1.165, 1.54) is 18.9 Å². The number of aryl methyl sites for hydroxylation is 1. The zero-order chi connectivity index (χ0) is 16.4. The monoisotopic (exact) mass is 317 g/mol. The number of benzene rings is 1. The van der Waals surface area contributed by atoms with Crippen LogP contribution in [0.15, 0.2) is 18.2 Å². The Kier molecular flexibility index (Phi) is 4.61. The van der Waals surface area contributed by atoms with Crippen molar-refractivity contribution in [1.82, 2.24) is 9.80 Å². The number of carbonyl (C=O) groups is 1. The highest BCUT2D eigenvalue weighted by molar-refractivity contribution is 5.94. The van der Waals surface area contributed by atoms with Crippen LogP contribution < -0.4 is 0 Å². The van der Waals surface area contributed by atoms with Gasteiger partial charge < -0.3 is 4.90 Å². The van der Waals surface area contributed by atoms with E-state index in [-0.39, 0.29) is 11.6 Å². The first-order valence-electron chi connectivity index (χ1n) is 8.34. The van der Waals surface area contributed by atoms with Crippen LogP contribution in [0.25, 0.3) is 0 Å². The van der Waals surface area contributed by atoms with Gasteiger partial charge in [-0.25, -0.2) is 0 Å². The number of nitro groups is 1. The molecule has 0 aromatic heterocycles. The lowest BCUT2D eigenvalue weighted by molar-refractivity contribution is -0.385. The summed E-state index contributed by atoms with van der Waals surface area (Å²) in [6.45, 7) is 5.51. The molecule has 0 radical (unpaired) electrons. The van der Waals surface area contributed by atoms with Gasteiger partial charge in [-0.05, 0) is 57.8 Å². The smallest absolute Gasteiger partial charge is 0.272 e. The molecule has 23 heavy (non-hydrogen) atoms. The molecule has 1 unspecified atom stereocenters. The maximum Gasteiger partial charge on any atom is 0.272 e. The van der Waals surface area contributed by atoms with E-state index < -0.39 is 4.92 Å². The minimum absolute atomic E-state index is 0.00750. The third-order valence-corrected chi connectivity index (χ3v) is 4.98. The topological polar surface area (TPSA) is 66.7 Å². The summed E-state index contributed by atoms with van der Waals surface area (Å²) in [5, 5.41) is 10.9. The van der Waals surface area contributed by atoms with E-state index >= 15 is 0 Å². The van der Waals surface area contributed by atoms with Gasteiger partial charge in [0.25, 0.3) is 11.6 Å². The van der Waals surface area contributed by atoms with E-state index in [0.717, 1.165) is 39.0 Å². The first kappa shape index (κ1) is 15.9. The van der Waals surface area contributed by atoms with Gasteiger partial charge in [0.1, 0.15) is 0 Å². The molecule has 0 saturated carbocycles. The molecule has 0 bridgehead atoms. The van der Waals surface area contributed by atoms with Gasteiger partial charge >= 0.3 is 0 Å². The number of nitro benzene ring substituents is 1. The van der Waals surface area contributed by atoms with Crippen molar-refractivity contribution in [3.63, 3.8) is 0 Å². The quantitative estimate of drug-likeness (QED) is 0.635. The predicted molar refractivity (Wildman–Crippen MR) is 87.6 cm³/mol. The summed E-state index contributed by atoms with van der Waals surface area (Å²) in [6.07, 6.45) is 4.69. The van der Waals surface area contributed by atoms with Gasteiger partial charge in [-0.1, -0.05) is 0 Å². The fraction of sp³-hybridized carbons (Fsp3) is 0.588. The van der Waals surface area contributed by atoms with Crippen molar-refractivity contribution in [3.8, 4) is 0 Å². The van der Waals surface area contributed by atoms with Crippen LogP contribution in [0.5, 0.6) is 0 Å². The van der Waals surface area contributed by atoms with Gasteiger partial charge in [0.2, 0.25) is 0 Å². The van der Waals surface area contributed by atoms with E-state index in [9.17, 15) is 14.9 Å². The normalized spacial score (nSPS) is 22.3. The molecule has 2 aliphatic heterocycles. The summed E-state index contributed by atoms with van der Waals surface area (Å²) < 4.78 is 0. The largest absolute Gasteiger partial charge is 0.337 e. The van der Waals surface area contributed by atoms with Gasteiger partial charge in [-0.2, -0.15) is 0 Å². The van der Waals surface area contributed by atoms with E-state index in [2.05, 4.69) is 4.90 Å². The molecule has 1 atom stereocenters. The number of hydrogen-bond donors (Lipinski definition) is 0. The van der Waals surface area contributed by atoms with Gasteiger partial charge in [0, 0.05) is 36.3 Å². The average molecular weight is 317 g/mol. The minimum atomic E-state index is -0.409. The number of amides is 1. The average Bonchev–Trinajstić information content (AvgIpc) is 3.08. The number of rotatable bonds is 3. The molecule has 2 aliphatic rings. The Hall–Kier alpha value is -1.95. The first-order chi connectivity index (χ1) is 11.1. The third kappa shape index (κ3) is 3.37. The Morgan fingerprint density at radius 3 is 2.61 bits per heavy atom. The van der Waals surface area contributed by atoms with Crippen LogP contribution >= 0.6 is 0 Å². The summed E-state index contributed by atoms with van der Waals surface area (Å²) >= 11 is 0. The van der Waals surface area contributed by atoms with Crippen molar-refractivity contribution in [2.75, 3.05) is 26.2 Å². The summed E-state index contributed by atoms with van der Waals surface area (Å²) in [5.74, 6) is -0.00750. The van der Waals surface area contributed by atoms with E-state index in [0.29, 0.717) is 17.2 Å². The summed E-state index contributed by atoms with van der Waals surface area (Å²) in [5.41, 5.74) is 1.15. The van der Waals surface area contributed by atoms with E-state index in [1.54, 1.807) is 19.1 Å². The maximum atomic E-state index is 12.7. The van der Waals surface area contributed by atoms with Crippen LogP contribution in [0, 0.1) is 17.0 Å². The van der Waals surface area contributed by atoms with Gasteiger partial charge in [-0.15, -0.1) is 0 Å². The number of likely N-dealkylation sites (tertiary alicyclic amines) is 2. The van der Waals surface area contributed by atoms with Crippen LogP contribution in [0.4, 0.5) is 5.69 Å². The molecular weight excluding hydrogens is 294 g/mol. The van der Waals surface area contributed by atoms with Crippen LogP contribution in [-0.4, -0.2) is 52.9 Å². The molecule has 2 fully saturated rings. The Morgan fingerprint density at radius 2 is 1.96 bits per heavy atom. The fourth-order valence-electron chi connectivity index (χ4n) is 3.72. The van der Waals surface area contributed by atoms with E-state index in [1.807, 2.05) is 4.90 Å². The lowest BCUT2D eigenvalue weighted by Crippen LogP contribution is -2.49. The van der Waals surface area contributed by atoms with Crippen molar-refractivity contribution >= 4 is 11.6 Å². The SMILES string of the molecule is Cc1cc(C(=O)N2CCCC(N3CCCC3)C2)ccc1[N+](=O)[O-]. The van der Waals surface area contributed by atoms with Crippen molar-refractivity contribution in [3.05, 3.63) is 39.4 Å². The summed E-state index contributed by atoms with van der Waals surface area (Å²) in [7, 11) is 0. The number of hydrogen-bond acceptors (Lipinski definition) is 4. The lowest BCUT2D eigenvalue weighted by Gasteiger charge is -2.37. The van der Waals surface area contributed by atoms with Crippen molar-refractivity contribution < 1.29 is 9.72 Å². The molecule has 2 saturated heterocycles. The molecule has 3 rings (SSSR count). The molecule has 6 nitrogen and oxygen atoms in total. The highest BCUT2D eigenvalue weighted by Crippen LogP contribution is 2.23. The molecule has 1 amide bonds. The second kappa shape index (κ2) is 6.66. The highest BCUT2D eigenvalue weighted by atomic mass is 16.6. The van der Waals surface area contributed by atoms with Crippen LogP contribution in [0.1, 0.15) is 41.6 Å². The zero-order valence-corrected chi connectivity index (χ0v) is 13.5. The molecule has 6 heteroatoms. The second-order valence-electron chi connectivity index (χ2n) is 6.55. The number of nitrogens with zero attached hydrogens (tertiary/aromatic N) is 3. The number of carbonyl (C=O) groups excluding carboxylic acids is 1. The van der Waals surface area contributed by atoms with Gasteiger partial charge in [0.15, 0.2) is 0 Å². The van der Waals surface area contributed by atoms with Crippen molar-refractivity contribution in [2.24, 2.45) is 0 Å². The highest BCUT2D eigenvalue weighted by Gasteiger charge is 2.30. The standard InChI is InChI=1S/C17H23N3O3/c1-13-11-14(6-7-16(13)20(22)23)17(21)19-10-4-5-15(12-19)18-8-2-3-9-18/h6-7,11,15H,2-5,8-10,12H2,1H3. The van der Waals surface area contributed by atoms with Crippen LogP contribution in [0.2, 0.25) is 0 Å². The molecule has 0 spiro atoms. The fourth-order valence-corrected chi connectivity index (χ4v) is 3.72. The molecule has 0 aliphatic carbocycles. The third-order valence-electron chi connectivity index (χ3n) is 4.98. The Bertz CT molecular complexity index is 611. The molecule has 2 heterocycles. The second-order valence-corrected chi connectivity index (χ2v) is 6.55. The Morgan fingerprint density at radius 1 is 1.22 bits per heavy atom. The van der Waals surface area contributed by atoms with Crippen LogP contribution in [-0.2, 0) is 0 Å². The maximum absolute atomic E-state index is 12.7. The van der Waals surface area contributed by atoms with E-state index in [4.69, 9.17) is 0 Å². The molecule has 1 aromatic carbocycles. The predicted octanol–water partition coefficient (Wildman–Crippen LogP) is 2.60. The Labute approximate surface area is 136 Å². The van der Waals surface area contributed by atoms with Crippen molar-refractivity contribution in [2.45, 2.75) is 38.6 Å². The number of piperidine rings is 1. The van der Waals surface area contributed by atoms with Crippen LogP contribution in [0.3, 0.4) is 0 Å². The molecular formula is C17H23N3O3. The summed E-state index contributed by atoms with van der Waals surface area (Å²) in [6, 6.07) is 5.12. The molecule has 1 aromatic rings. The van der Waals surface area contributed by atoms with Gasteiger partial charge in [0.05, 0.1) is 4.92 Å². The first-order valence-corrected chi connectivity index (χ1v) is 8.34. The van der Waals surface area contributed by atoms with Crippen molar-refractivity contribution in [1.29, 1.82) is 0 Å². The zero-order valence-electron chi connectivity index (χ0n) is 13.5. The summed E-state index contributed by atoms with van der Waals surface area (Å²) in [4.78, 5) is 27.6. The minimum Gasteiger partial charge on any atom is -0.337 e. The molecule has 0 N–H and O–H groups in total. The lowest BCUT2D eigenvalue weighted by atomic mass is 10.0. The Balaban J connectivity index is 1.72.